The maximum Gasteiger partial charge on any atom is 0.259 e. The summed E-state index contributed by atoms with van der Waals surface area (Å²) in [6.07, 6.45) is 0. The number of rotatable bonds is 11. The molecule has 0 aliphatic carbocycles. The first-order valence-electron chi connectivity index (χ1n) is 13.3. The number of hydrogen-bond donors (Lipinski definition) is 1. The van der Waals surface area contributed by atoms with Crippen LogP contribution in [-0.2, 0) is 24.4 Å². The highest BCUT2D eigenvalue weighted by atomic mass is 16.5. The number of aromatic amines is 1. The molecule has 0 aliphatic heterocycles. The molecule has 3 heterocycles. The molecule has 6 aromatic rings. The Kier molecular flexibility index (Phi) is 7.42. The third-order valence-electron chi connectivity index (χ3n) is 6.84. The number of hydrogen-bond acceptors (Lipinski definition) is 8. The summed E-state index contributed by atoms with van der Waals surface area (Å²) in [6.45, 7) is 4.68. The minimum absolute atomic E-state index is 0.269. The van der Waals surface area contributed by atoms with Crippen molar-refractivity contribution >= 4 is 21.9 Å². The number of H-pyrrole nitrogens is 1. The van der Waals surface area contributed by atoms with Gasteiger partial charge >= 0.3 is 0 Å². The molecular formula is C30H29N7O4. The van der Waals surface area contributed by atoms with Gasteiger partial charge in [0.2, 0.25) is 0 Å². The predicted octanol–water partition coefficient (Wildman–Crippen LogP) is 4.20. The molecule has 0 fully saturated rings. The van der Waals surface area contributed by atoms with Crippen LogP contribution in [0.25, 0.3) is 33.3 Å². The van der Waals surface area contributed by atoms with Gasteiger partial charge in [-0.05, 0) is 71.4 Å². The lowest BCUT2D eigenvalue weighted by atomic mass is 10.1. The fourth-order valence-corrected chi connectivity index (χ4v) is 4.78. The van der Waals surface area contributed by atoms with Crippen LogP contribution in [0.15, 0.2) is 77.6 Å². The Labute approximate surface area is 235 Å². The number of ether oxygens (including phenoxy) is 3. The fraction of sp³-hybridized carbons (Fsp3) is 0.233. The van der Waals surface area contributed by atoms with Gasteiger partial charge in [-0.15, -0.1) is 5.10 Å². The Morgan fingerprint density at radius 3 is 2.63 bits per heavy atom. The molecule has 3 aromatic heterocycles. The largest absolute Gasteiger partial charge is 0.497 e. The number of nitrogens with zero attached hydrogens (tertiary/aromatic N) is 6. The van der Waals surface area contributed by atoms with E-state index in [0.717, 1.165) is 27.8 Å². The number of benzene rings is 3. The number of para-hydroxylation sites is 2. The molecule has 0 saturated carbocycles. The molecule has 0 aliphatic rings. The molecule has 0 amide bonds. The van der Waals surface area contributed by atoms with E-state index in [1.807, 2.05) is 61.5 Å². The molecular weight excluding hydrogens is 522 g/mol. The highest BCUT2D eigenvalue weighted by molar-refractivity contribution is 5.83. The van der Waals surface area contributed by atoms with E-state index in [1.165, 1.54) is 0 Å². The quantitative estimate of drug-likeness (QED) is 0.238. The lowest BCUT2D eigenvalue weighted by Gasteiger charge is -2.11. The first-order chi connectivity index (χ1) is 20.1. The number of pyridine rings is 1. The summed E-state index contributed by atoms with van der Waals surface area (Å²) in [7, 11) is 1.60. The Balaban J connectivity index is 1.17. The van der Waals surface area contributed by atoms with E-state index in [-0.39, 0.29) is 5.56 Å². The van der Waals surface area contributed by atoms with Crippen molar-refractivity contribution in [3.05, 3.63) is 94.5 Å². The molecule has 0 saturated heterocycles. The zero-order valence-corrected chi connectivity index (χ0v) is 22.8. The first-order valence-corrected chi connectivity index (χ1v) is 13.3. The highest BCUT2D eigenvalue weighted by Gasteiger charge is 2.15. The van der Waals surface area contributed by atoms with Gasteiger partial charge in [-0.25, -0.2) is 9.67 Å². The average Bonchev–Trinajstić information content (AvgIpc) is 3.60. The Morgan fingerprint density at radius 1 is 0.976 bits per heavy atom. The van der Waals surface area contributed by atoms with Crippen molar-refractivity contribution in [3.8, 4) is 22.9 Å². The van der Waals surface area contributed by atoms with Crippen molar-refractivity contribution in [2.24, 2.45) is 0 Å². The standard InChI is InChI=1S/C30H29N7O4/c1-3-40-15-14-36-27-7-5-4-6-26(27)31-28(36)19-41-22-10-8-20(9-11-22)18-37-29(33-34-35-37)24-17-21-16-23(39-2)12-13-25(21)32-30(24)38/h4-13,16-17H,3,14-15,18-19H2,1-2H3,(H,32,38). The van der Waals surface area contributed by atoms with Crippen molar-refractivity contribution in [1.82, 2.24) is 34.7 Å². The number of aromatic nitrogens is 7. The lowest BCUT2D eigenvalue weighted by molar-refractivity contribution is 0.138. The third kappa shape index (κ3) is 5.52. The molecule has 0 unspecified atom stereocenters. The second-order valence-corrected chi connectivity index (χ2v) is 9.42. The van der Waals surface area contributed by atoms with Gasteiger partial charge in [-0.2, -0.15) is 0 Å². The molecule has 0 bridgehead atoms. The molecule has 1 N–H and O–H groups in total. The summed E-state index contributed by atoms with van der Waals surface area (Å²) < 4.78 is 20.7. The van der Waals surface area contributed by atoms with Crippen molar-refractivity contribution in [2.75, 3.05) is 20.3 Å². The summed E-state index contributed by atoms with van der Waals surface area (Å²) in [5.41, 5.74) is 3.76. The lowest BCUT2D eigenvalue weighted by Crippen LogP contribution is -2.13. The molecule has 0 spiro atoms. The minimum atomic E-state index is -0.269. The Bertz CT molecular complexity index is 1860. The summed E-state index contributed by atoms with van der Waals surface area (Å²) in [6, 6.07) is 23.0. The molecule has 6 rings (SSSR count). The Morgan fingerprint density at radius 2 is 1.80 bits per heavy atom. The zero-order valence-electron chi connectivity index (χ0n) is 22.8. The molecule has 41 heavy (non-hydrogen) atoms. The van der Waals surface area contributed by atoms with Crippen molar-refractivity contribution in [1.29, 1.82) is 0 Å². The second-order valence-electron chi connectivity index (χ2n) is 9.42. The highest BCUT2D eigenvalue weighted by Crippen LogP contribution is 2.23. The normalized spacial score (nSPS) is 11.4. The first kappa shape index (κ1) is 26.2. The van der Waals surface area contributed by atoms with Crippen LogP contribution in [0.2, 0.25) is 0 Å². The summed E-state index contributed by atoms with van der Waals surface area (Å²) in [4.78, 5) is 20.5. The monoisotopic (exact) mass is 551 g/mol. The van der Waals surface area contributed by atoms with Gasteiger partial charge in [0.15, 0.2) is 5.82 Å². The van der Waals surface area contributed by atoms with Gasteiger partial charge in [0.25, 0.3) is 5.56 Å². The van der Waals surface area contributed by atoms with E-state index < -0.39 is 0 Å². The van der Waals surface area contributed by atoms with E-state index in [2.05, 4.69) is 31.1 Å². The van der Waals surface area contributed by atoms with E-state index in [1.54, 1.807) is 23.9 Å². The van der Waals surface area contributed by atoms with Gasteiger partial charge < -0.3 is 23.8 Å². The van der Waals surface area contributed by atoms with Gasteiger partial charge in [-0.1, -0.05) is 24.3 Å². The van der Waals surface area contributed by atoms with Gasteiger partial charge in [0.1, 0.15) is 23.9 Å². The SMILES string of the molecule is CCOCCn1c(COc2ccc(Cn3nnnc3-c3cc4cc(OC)ccc4[nH]c3=O)cc2)nc2ccccc21. The van der Waals surface area contributed by atoms with Gasteiger partial charge in [-0.3, -0.25) is 4.79 Å². The van der Waals surface area contributed by atoms with Crippen molar-refractivity contribution < 1.29 is 14.2 Å². The topological polar surface area (TPSA) is 122 Å². The van der Waals surface area contributed by atoms with Crippen LogP contribution in [0.1, 0.15) is 18.3 Å². The van der Waals surface area contributed by atoms with Crippen molar-refractivity contribution in [2.45, 2.75) is 26.6 Å². The van der Waals surface area contributed by atoms with E-state index >= 15 is 0 Å². The van der Waals surface area contributed by atoms with Crippen LogP contribution in [0.3, 0.4) is 0 Å². The Hall–Kier alpha value is -5.03. The number of tetrazole rings is 1. The minimum Gasteiger partial charge on any atom is -0.497 e. The molecule has 11 heteroatoms. The van der Waals surface area contributed by atoms with Crippen LogP contribution in [0, 0.1) is 0 Å². The molecule has 0 atom stereocenters. The van der Waals surface area contributed by atoms with E-state index in [4.69, 9.17) is 19.2 Å². The third-order valence-corrected chi connectivity index (χ3v) is 6.84. The van der Waals surface area contributed by atoms with Crippen molar-refractivity contribution in [3.63, 3.8) is 0 Å². The van der Waals surface area contributed by atoms with Crippen LogP contribution in [-0.4, -0.2) is 55.1 Å². The predicted molar refractivity (Wildman–Crippen MR) is 154 cm³/mol. The van der Waals surface area contributed by atoms with E-state index in [9.17, 15) is 4.79 Å². The zero-order chi connectivity index (χ0) is 28.2. The molecule has 208 valence electrons. The molecule has 11 nitrogen and oxygen atoms in total. The maximum absolute atomic E-state index is 12.9. The van der Waals surface area contributed by atoms with Crippen LogP contribution in [0.4, 0.5) is 0 Å². The van der Waals surface area contributed by atoms with Gasteiger partial charge in [0.05, 0.1) is 36.9 Å². The van der Waals surface area contributed by atoms with Crippen LogP contribution >= 0.6 is 0 Å². The average molecular weight is 552 g/mol. The number of methoxy groups -OCH3 is 1. The summed E-state index contributed by atoms with van der Waals surface area (Å²) in [5, 5.41) is 12.9. The summed E-state index contributed by atoms with van der Waals surface area (Å²) >= 11 is 0. The smallest absolute Gasteiger partial charge is 0.259 e. The van der Waals surface area contributed by atoms with Crippen LogP contribution < -0.4 is 15.0 Å². The maximum atomic E-state index is 12.9. The fourth-order valence-electron chi connectivity index (χ4n) is 4.78. The summed E-state index contributed by atoms with van der Waals surface area (Å²) in [5.74, 6) is 2.63. The second kappa shape index (κ2) is 11.6. The molecule has 0 radical (unpaired) electrons. The van der Waals surface area contributed by atoms with Crippen LogP contribution in [0.5, 0.6) is 11.5 Å². The number of nitrogens with one attached hydrogen (secondary N) is 1. The molecule has 3 aromatic carbocycles. The number of fused-ring (bicyclic) bond motifs is 2. The number of imidazole rings is 1. The van der Waals surface area contributed by atoms with Gasteiger partial charge in [0, 0.05) is 24.1 Å². The van der Waals surface area contributed by atoms with E-state index in [0.29, 0.717) is 61.3 Å².